The zero-order valence-electron chi connectivity index (χ0n) is 10.8. The van der Waals surface area contributed by atoms with E-state index in [1.165, 1.54) is 4.31 Å². The molecule has 0 unspecified atom stereocenters. The summed E-state index contributed by atoms with van der Waals surface area (Å²) >= 11 is 3.37. The summed E-state index contributed by atoms with van der Waals surface area (Å²) < 4.78 is 27.4. The predicted molar refractivity (Wildman–Crippen MR) is 78.3 cm³/mol. The summed E-state index contributed by atoms with van der Waals surface area (Å²) in [6, 6.07) is 5.01. The number of piperazine rings is 1. The van der Waals surface area contributed by atoms with Crippen LogP contribution in [0.5, 0.6) is 0 Å². The van der Waals surface area contributed by atoms with E-state index in [0.29, 0.717) is 24.5 Å². The molecule has 1 aromatic carbocycles. The minimum Gasteiger partial charge on any atom is -0.326 e. The number of halogens is 1. The lowest BCUT2D eigenvalue weighted by atomic mass is 10.2. The lowest BCUT2D eigenvalue weighted by molar-refractivity contribution is 0.222. The number of sulfonamides is 1. The quantitative estimate of drug-likeness (QED) is 0.879. The smallest absolute Gasteiger partial charge is 0.243 e. The lowest BCUT2D eigenvalue weighted by Crippen LogP contribution is -2.47. The molecule has 1 aliphatic rings. The third-order valence-corrected chi connectivity index (χ3v) is 6.01. The van der Waals surface area contributed by atoms with Crippen molar-refractivity contribution in [2.45, 2.75) is 11.4 Å². The first-order valence-corrected chi connectivity index (χ1v) is 8.35. The molecular formula is C12H18BrN3O2S. The number of likely N-dealkylation sites (N-methyl/N-ethyl adjacent to an activating group) is 1. The van der Waals surface area contributed by atoms with Gasteiger partial charge in [-0.3, -0.25) is 0 Å². The molecule has 0 atom stereocenters. The van der Waals surface area contributed by atoms with E-state index in [9.17, 15) is 8.42 Å². The number of benzene rings is 1. The Morgan fingerprint density at radius 2 is 1.89 bits per heavy atom. The first kappa shape index (κ1) is 14.9. The van der Waals surface area contributed by atoms with Crippen LogP contribution in [0.25, 0.3) is 0 Å². The van der Waals surface area contributed by atoms with Crippen molar-refractivity contribution in [2.24, 2.45) is 5.73 Å². The van der Waals surface area contributed by atoms with Gasteiger partial charge in [-0.05, 0) is 30.8 Å². The third kappa shape index (κ3) is 3.17. The van der Waals surface area contributed by atoms with Gasteiger partial charge in [-0.15, -0.1) is 0 Å². The van der Waals surface area contributed by atoms with Crippen LogP contribution >= 0.6 is 15.9 Å². The van der Waals surface area contributed by atoms with Crippen LogP contribution in [0.15, 0.2) is 27.6 Å². The second kappa shape index (κ2) is 5.88. The maximum absolute atomic E-state index is 12.5. The first-order valence-electron chi connectivity index (χ1n) is 6.12. The summed E-state index contributed by atoms with van der Waals surface area (Å²) in [5.41, 5.74) is 6.42. The Morgan fingerprint density at radius 1 is 1.26 bits per heavy atom. The fraction of sp³-hybridized carbons (Fsp3) is 0.500. The van der Waals surface area contributed by atoms with Gasteiger partial charge in [0.1, 0.15) is 0 Å². The molecule has 0 radical (unpaired) electrons. The van der Waals surface area contributed by atoms with Crippen LogP contribution in [0.4, 0.5) is 0 Å². The highest BCUT2D eigenvalue weighted by molar-refractivity contribution is 9.10. The van der Waals surface area contributed by atoms with Crippen LogP contribution < -0.4 is 5.73 Å². The van der Waals surface area contributed by atoms with Gasteiger partial charge in [-0.25, -0.2) is 8.42 Å². The summed E-state index contributed by atoms with van der Waals surface area (Å²) in [6.45, 7) is 2.91. The highest BCUT2D eigenvalue weighted by Gasteiger charge is 2.27. The molecule has 0 saturated carbocycles. The van der Waals surface area contributed by atoms with Crippen LogP contribution in [-0.2, 0) is 16.6 Å². The van der Waals surface area contributed by atoms with Crippen molar-refractivity contribution in [3.63, 3.8) is 0 Å². The second-order valence-corrected chi connectivity index (χ2v) is 7.46. The van der Waals surface area contributed by atoms with Gasteiger partial charge in [0.15, 0.2) is 0 Å². The van der Waals surface area contributed by atoms with Crippen LogP contribution in [0.1, 0.15) is 5.56 Å². The minimum absolute atomic E-state index is 0.312. The standard InChI is InChI=1S/C12H18BrN3O2S/c1-15-4-6-16(7-5-15)19(17,18)11-2-3-12(13)10(8-11)9-14/h2-3,8H,4-7,9,14H2,1H3. The van der Waals surface area contributed by atoms with E-state index in [4.69, 9.17) is 5.73 Å². The zero-order chi connectivity index (χ0) is 14.0. The van der Waals surface area contributed by atoms with Crippen molar-refractivity contribution in [1.82, 2.24) is 9.21 Å². The number of rotatable bonds is 3. The summed E-state index contributed by atoms with van der Waals surface area (Å²) in [6.07, 6.45) is 0. The van der Waals surface area contributed by atoms with Crippen LogP contribution in [0.2, 0.25) is 0 Å². The molecule has 5 nitrogen and oxygen atoms in total. The van der Waals surface area contributed by atoms with Gasteiger partial charge in [0.25, 0.3) is 0 Å². The Kier molecular flexibility index (Phi) is 4.62. The van der Waals surface area contributed by atoms with Gasteiger partial charge < -0.3 is 10.6 Å². The van der Waals surface area contributed by atoms with Gasteiger partial charge in [-0.2, -0.15) is 4.31 Å². The Labute approximate surface area is 122 Å². The molecule has 2 rings (SSSR count). The molecule has 1 saturated heterocycles. The fourth-order valence-electron chi connectivity index (χ4n) is 2.05. The van der Waals surface area contributed by atoms with Gasteiger partial charge >= 0.3 is 0 Å². The molecule has 2 N–H and O–H groups in total. The molecular weight excluding hydrogens is 330 g/mol. The van der Waals surface area contributed by atoms with Crippen LogP contribution in [0.3, 0.4) is 0 Å². The Hall–Kier alpha value is -0.470. The number of hydrogen-bond donors (Lipinski definition) is 1. The molecule has 0 aliphatic carbocycles. The van der Waals surface area contributed by atoms with E-state index in [1.54, 1.807) is 18.2 Å². The van der Waals surface area contributed by atoms with E-state index in [-0.39, 0.29) is 0 Å². The third-order valence-electron chi connectivity index (χ3n) is 3.34. The number of nitrogens with zero attached hydrogens (tertiary/aromatic N) is 2. The zero-order valence-corrected chi connectivity index (χ0v) is 13.2. The average Bonchev–Trinajstić information content (AvgIpc) is 2.39. The molecule has 1 aromatic rings. The molecule has 1 fully saturated rings. The summed E-state index contributed by atoms with van der Waals surface area (Å²) in [5, 5.41) is 0. The van der Waals surface area contributed by atoms with Gasteiger partial charge in [0.05, 0.1) is 4.90 Å². The maximum atomic E-state index is 12.5. The van der Waals surface area contributed by atoms with Crippen molar-refractivity contribution in [3.05, 3.63) is 28.2 Å². The topological polar surface area (TPSA) is 66.6 Å². The van der Waals surface area contributed by atoms with Gasteiger partial charge in [-0.1, -0.05) is 15.9 Å². The van der Waals surface area contributed by atoms with Crippen molar-refractivity contribution in [3.8, 4) is 0 Å². The molecule has 0 aromatic heterocycles. The SMILES string of the molecule is CN1CCN(S(=O)(=O)c2ccc(Br)c(CN)c2)CC1. The number of nitrogens with two attached hydrogens (primary N) is 1. The fourth-order valence-corrected chi connectivity index (χ4v) is 3.93. The monoisotopic (exact) mass is 347 g/mol. The van der Waals surface area contributed by atoms with Crippen molar-refractivity contribution >= 4 is 26.0 Å². The summed E-state index contributed by atoms with van der Waals surface area (Å²) in [5.74, 6) is 0. The highest BCUT2D eigenvalue weighted by atomic mass is 79.9. The molecule has 1 aliphatic heterocycles. The minimum atomic E-state index is -3.40. The molecule has 106 valence electrons. The van der Waals surface area contributed by atoms with E-state index in [1.807, 2.05) is 7.05 Å². The van der Waals surface area contributed by atoms with E-state index >= 15 is 0 Å². The normalized spacial score (nSPS) is 18.7. The Balaban J connectivity index is 2.29. The van der Waals surface area contributed by atoms with Crippen molar-refractivity contribution in [1.29, 1.82) is 0 Å². The molecule has 19 heavy (non-hydrogen) atoms. The summed E-state index contributed by atoms with van der Waals surface area (Å²) in [4.78, 5) is 2.44. The second-order valence-electron chi connectivity index (χ2n) is 4.66. The lowest BCUT2D eigenvalue weighted by Gasteiger charge is -2.31. The molecule has 0 bridgehead atoms. The van der Waals surface area contributed by atoms with Crippen molar-refractivity contribution < 1.29 is 8.42 Å². The van der Waals surface area contributed by atoms with Gasteiger partial charge in [0.2, 0.25) is 10.0 Å². The average molecular weight is 348 g/mol. The van der Waals surface area contributed by atoms with Gasteiger partial charge in [0, 0.05) is 37.2 Å². The largest absolute Gasteiger partial charge is 0.326 e. The van der Waals surface area contributed by atoms with Crippen LogP contribution in [-0.4, -0.2) is 50.8 Å². The van der Waals surface area contributed by atoms with E-state index in [0.717, 1.165) is 23.1 Å². The molecule has 0 amide bonds. The maximum Gasteiger partial charge on any atom is 0.243 e. The predicted octanol–water partition coefficient (Wildman–Crippen LogP) is 0.844. The summed E-state index contributed by atoms with van der Waals surface area (Å²) in [7, 11) is -1.41. The molecule has 0 spiro atoms. The Morgan fingerprint density at radius 3 is 2.47 bits per heavy atom. The molecule has 1 heterocycles. The number of hydrogen-bond acceptors (Lipinski definition) is 4. The van der Waals surface area contributed by atoms with E-state index < -0.39 is 10.0 Å². The van der Waals surface area contributed by atoms with Crippen LogP contribution in [0, 0.1) is 0 Å². The first-order chi connectivity index (χ1) is 8.95. The Bertz CT molecular complexity index is 554. The molecule has 7 heteroatoms. The highest BCUT2D eigenvalue weighted by Crippen LogP contribution is 2.23. The van der Waals surface area contributed by atoms with E-state index in [2.05, 4.69) is 20.8 Å². The van der Waals surface area contributed by atoms with Crippen molar-refractivity contribution in [2.75, 3.05) is 33.2 Å².